The van der Waals surface area contributed by atoms with Crippen molar-refractivity contribution in [3.63, 3.8) is 0 Å². The van der Waals surface area contributed by atoms with Gasteiger partial charge in [0.2, 0.25) is 23.6 Å². The zero-order chi connectivity index (χ0) is 27.4. The lowest BCUT2D eigenvalue weighted by molar-refractivity contribution is -0.143. The van der Waals surface area contributed by atoms with E-state index in [0.29, 0.717) is 30.0 Å². The molecule has 0 saturated carbocycles. The van der Waals surface area contributed by atoms with Crippen LogP contribution in [0, 0.1) is 11.8 Å². The molecule has 2 saturated heterocycles. The lowest BCUT2D eigenvalue weighted by Gasteiger charge is -2.26. The Hall–Kier alpha value is -4.01. The molecule has 2 aromatic carbocycles. The van der Waals surface area contributed by atoms with E-state index in [0.717, 1.165) is 5.56 Å². The van der Waals surface area contributed by atoms with E-state index in [1.54, 1.807) is 24.3 Å². The van der Waals surface area contributed by atoms with E-state index in [2.05, 4.69) is 5.32 Å². The number of carbonyl (C=O) groups is 5. The van der Waals surface area contributed by atoms with Gasteiger partial charge in [-0.3, -0.25) is 24.1 Å². The quantitative estimate of drug-likeness (QED) is 0.465. The van der Waals surface area contributed by atoms with Crippen molar-refractivity contribution in [3.05, 3.63) is 65.7 Å². The van der Waals surface area contributed by atoms with Gasteiger partial charge in [-0.2, -0.15) is 0 Å². The number of carboxylic acids is 1. The van der Waals surface area contributed by atoms with E-state index >= 15 is 0 Å². The van der Waals surface area contributed by atoms with Crippen molar-refractivity contribution < 1.29 is 29.1 Å². The number of hydrogen-bond acceptors (Lipinski definition) is 5. The summed E-state index contributed by atoms with van der Waals surface area (Å²) in [7, 11) is 0. The number of likely N-dealkylation sites (tertiary alicyclic amines) is 1. The smallest absolute Gasteiger partial charge is 0.326 e. The highest BCUT2D eigenvalue weighted by molar-refractivity contribution is 6.20. The number of hydrogen-bond donors (Lipinski definition) is 2. The van der Waals surface area contributed by atoms with Gasteiger partial charge in [-0.1, -0.05) is 56.3 Å². The average Bonchev–Trinajstić information content (AvgIpc) is 3.37. The van der Waals surface area contributed by atoms with Crippen LogP contribution in [0.1, 0.15) is 50.7 Å². The molecule has 0 aliphatic carbocycles. The topological polar surface area (TPSA) is 124 Å². The van der Waals surface area contributed by atoms with Gasteiger partial charge in [0.05, 0.1) is 5.69 Å². The van der Waals surface area contributed by atoms with E-state index < -0.39 is 24.0 Å². The van der Waals surface area contributed by atoms with Crippen molar-refractivity contribution in [2.75, 3.05) is 4.90 Å². The molecule has 200 valence electrons. The van der Waals surface area contributed by atoms with Crippen LogP contribution in [0.5, 0.6) is 0 Å². The second-order valence-electron chi connectivity index (χ2n) is 10.4. The average molecular weight is 520 g/mol. The summed E-state index contributed by atoms with van der Waals surface area (Å²) in [5.41, 5.74) is 1.97. The first-order valence-corrected chi connectivity index (χ1v) is 13.0. The third-order valence-corrected chi connectivity index (χ3v) is 7.07. The maximum absolute atomic E-state index is 13.1. The molecule has 2 N–H and O–H groups in total. The van der Waals surface area contributed by atoms with Crippen LogP contribution in [0.2, 0.25) is 0 Å². The number of carbonyl (C=O) groups excluding carboxylic acids is 4. The first-order chi connectivity index (χ1) is 18.1. The van der Waals surface area contributed by atoms with Gasteiger partial charge < -0.3 is 15.3 Å². The molecule has 4 rings (SSSR count). The van der Waals surface area contributed by atoms with Crippen molar-refractivity contribution >= 4 is 35.3 Å². The van der Waals surface area contributed by atoms with Crippen LogP contribution >= 0.6 is 0 Å². The van der Waals surface area contributed by atoms with Crippen LogP contribution in [0.25, 0.3) is 0 Å². The highest BCUT2D eigenvalue weighted by atomic mass is 16.4. The van der Waals surface area contributed by atoms with Crippen LogP contribution < -0.4 is 10.2 Å². The predicted molar refractivity (Wildman–Crippen MR) is 140 cm³/mol. The van der Waals surface area contributed by atoms with Crippen LogP contribution in [0.4, 0.5) is 5.69 Å². The van der Waals surface area contributed by atoms with Gasteiger partial charge in [-0.05, 0) is 42.0 Å². The zero-order valence-electron chi connectivity index (χ0n) is 21.6. The summed E-state index contributed by atoms with van der Waals surface area (Å²) in [4.78, 5) is 65.4. The molecule has 38 heavy (non-hydrogen) atoms. The molecular formula is C29H33N3O6. The van der Waals surface area contributed by atoms with Crippen LogP contribution in [-0.4, -0.2) is 51.7 Å². The van der Waals surface area contributed by atoms with Crippen molar-refractivity contribution in [3.8, 4) is 0 Å². The Morgan fingerprint density at radius 2 is 1.66 bits per heavy atom. The first kappa shape index (κ1) is 27.0. The van der Waals surface area contributed by atoms with Gasteiger partial charge in [0.15, 0.2) is 0 Å². The summed E-state index contributed by atoms with van der Waals surface area (Å²) in [6, 6.07) is 14.0. The maximum Gasteiger partial charge on any atom is 0.326 e. The number of benzene rings is 2. The Balaban J connectivity index is 1.41. The van der Waals surface area contributed by atoms with E-state index in [9.17, 15) is 29.1 Å². The Morgan fingerprint density at radius 3 is 2.29 bits per heavy atom. The largest absolute Gasteiger partial charge is 0.480 e. The molecule has 0 spiro atoms. The van der Waals surface area contributed by atoms with E-state index in [1.807, 2.05) is 44.2 Å². The normalized spacial score (nSPS) is 20.3. The van der Waals surface area contributed by atoms with Crippen molar-refractivity contribution in [2.45, 2.75) is 64.6 Å². The van der Waals surface area contributed by atoms with Gasteiger partial charge in [0.1, 0.15) is 12.1 Å². The number of nitrogens with one attached hydrogen (secondary N) is 1. The summed E-state index contributed by atoms with van der Waals surface area (Å²) < 4.78 is 0. The highest BCUT2D eigenvalue weighted by Gasteiger charge is 2.40. The standard InChI is InChI=1S/C29H33N3O6/c1-18(2)14-21-16-26(34)32(28(21)36)22-10-8-19(9-11-22)15-23(29(37)38)30-27(35)24-12-13-25(33)31(24)17-20-6-4-3-5-7-20/h3-11,18,21,23-24H,12-17H2,1-2H3,(H,30,35)(H,37,38)/t21?,23-,24-/m0/s1. The molecule has 1 unspecified atom stereocenters. The highest BCUT2D eigenvalue weighted by Crippen LogP contribution is 2.30. The summed E-state index contributed by atoms with van der Waals surface area (Å²) in [5.74, 6) is -2.30. The Bertz CT molecular complexity index is 1210. The van der Waals surface area contributed by atoms with Crippen molar-refractivity contribution in [1.82, 2.24) is 10.2 Å². The molecular weight excluding hydrogens is 486 g/mol. The van der Waals surface area contributed by atoms with E-state index in [1.165, 1.54) is 9.80 Å². The predicted octanol–water partition coefficient (Wildman–Crippen LogP) is 2.92. The van der Waals surface area contributed by atoms with Crippen molar-refractivity contribution in [1.29, 1.82) is 0 Å². The fourth-order valence-corrected chi connectivity index (χ4v) is 5.19. The number of nitrogens with zero attached hydrogens (tertiary/aromatic N) is 2. The van der Waals surface area contributed by atoms with Gasteiger partial charge in [0.25, 0.3) is 0 Å². The molecule has 3 atom stereocenters. The SMILES string of the molecule is CC(C)CC1CC(=O)N(c2ccc(C[C@H](NC(=O)[C@@H]3CCC(=O)N3Cc3ccccc3)C(=O)O)cc2)C1=O. The fraction of sp³-hybridized carbons (Fsp3) is 0.414. The Labute approximate surface area is 221 Å². The lowest BCUT2D eigenvalue weighted by Crippen LogP contribution is -2.50. The third-order valence-electron chi connectivity index (χ3n) is 7.07. The Kier molecular flexibility index (Phi) is 8.24. The molecule has 2 aliphatic rings. The first-order valence-electron chi connectivity index (χ1n) is 13.0. The summed E-state index contributed by atoms with van der Waals surface area (Å²) in [5, 5.41) is 12.4. The third kappa shape index (κ3) is 6.10. The van der Waals surface area contributed by atoms with E-state index in [-0.39, 0.29) is 49.4 Å². The molecule has 9 nitrogen and oxygen atoms in total. The summed E-state index contributed by atoms with van der Waals surface area (Å²) in [6.07, 6.45) is 1.41. The maximum atomic E-state index is 13.1. The number of imide groups is 1. The lowest BCUT2D eigenvalue weighted by atomic mass is 9.96. The van der Waals surface area contributed by atoms with Gasteiger partial charge in [-0.15, -0.1) is 0 Å². The monoisotopic (exact) mass is 519 g/mol. The number of carboxylic acid groups (broad SMARTS) is 1. The van der Waals surface area contributed by atoms with Crippen LogP contribution in [0.3, 0.4) is 0 Å². The molecule has 0 aromatic heterocycles. The minimum atomic E-state index is -1.20. The van der Waals surface area contributed by atoms with Gasteiger partial charge in [0, 0.05) is 31.7 Å². The number of rotatable bonds is 10. The summed E-state index contributed by atoms with van der Waals surface area (Å²) in [6.45, 7) is 4.30. The molecule has 9 heteroatoms. The minimum Gasteiger partial charge on any atom is -0.480 e. The fourth-order valence-electron chi connectivity index (χ4n) is 5.19. The van der Waals surface area contributed by atoms with Crippen molar-refractivity contribution in [2.24, 2.45) is 11.8 Å². The molecule has 2 aliphatic heterocycles. The Morgan fingerprint density at radius 1 is 0.974 bits per heavy atom. The van der Waals surface area contributed by atoms with Gasteiger partial charge in [-0.25, -0.2) is 4.79 Å². The molecule has 2 heterocycles. The molecule has 2 aromatic rings. The van der Waals surface area contributed by atoms with Crippen LogP contribution in [0.15, 0.2) is 54.6 Å². The number of aliphatic carboxylic acids is 1. The molecule has 4 amide bonds. The number of amides is 4. The van der Waals surface area contributed by atoms with E-state index in [4.69, 9.17) is 0 Å². The second kappa shape index (κ2) is 11.6. The minimum absolute atomic E-state index is 0.0125. The van der Waals surface area contributed by atoms with Crippen LogP contribution in [-0.2, 0) is 36.9 Å². The second-order valence-corrected chi connectivity index (χ2v) is 10.4. The summed E-state index contributed by atoms with van der Waals surface area (Å²) >= 11 is 0. The molecule has 2 fully saturated rings. The number of anilines is 1. The molecule has 0 bridgehead atoms. The molecule has 0 radical (unpaired) electrons. The zero-order valence-corrected chi connectivity index (χ0v) is 21.6. The van der Waals surface area contributed by atoms with Gasteiger partial charge >= 0.3 is 5.97 Å².